The quantitative estimate of drug-likeness (QED) is 0.490. The Hall–Kier alpha value is -1.43. The van der Waals surface area contributed by atoms with Gasteiger partial charge in [0.15, 0.2) is 0 Å². The molecule has 3 saturated heterocycles. The van der Waals surface area contributed by atoms with Crippen molar-refractivity contribution in [2.45, 2.75) is 45.3 Å². The van der Waals surface area contributed by atoms with Crippen LogP contribution in [-0.2, 0) is 0 Å². The fraction of sp³-hybridized carbons (Fsp3) is 0.560. The van der Waals surface area contributed by atoms with Gasteiger partial charge in [-0.1, -0.05) is 19.9 Å². The van der Waals surface area contributed by atoms with E-state index in [1.165, 1.54) is 19.4 Å². The van der Waals surface area contributed by atoms with Gasteiger partial charge in [0.05, 0.1) is 32.3 Å². The first-order chi connectivity index (χ1) is 14.0. The number of quaternary nitrogens is 1. The fourth-order valence-corrected chi connectivity index (χ4v) is 5.74. The number of halogens is 1. The second kappa shape index (κ2) is 9.37. The van der Waals surface area contributed by atoms with Crippen LogP contribution in [0.25, 0.3) is 10.9 Å². The Morgan fingerprint density at radius 1 is 1.33 bits per heavy atom. The molecule has 0 aliphatic carbocycles. The number of benzene rings is 1. The van der Waals surface area contributed by atoms with Gasteiger partial charge in [-0.15, -0.1) is 6.58 Å². The van der Waals surface area contributed by atoms with Crippen LogP contribution < -0.4 is 21.7 Å². The van der Waals surface area contributed by atoms with Crippen LogP contribution in [0, 0.1) is 17.8 Å². The number of pyridine rings is 1. The van der Waals surface area contributed by atoms with Crippen LogP contribution in [0.1, 0.15) is 44.8 Å². The van der Waals surface area contributed by atoms with Crippen LogP contribution in [0.2, 0.25) is 0 Å². The summed E-state index contributed by atoms with van der Waals surface area (Å²) in [6.45, 7) is 12.2. The molecule has 1 aromatic carbocycles. The van der Waals surface area contributed by atoms with Crippen LogP contribution >= 0.6 is 0 Å². The summed E-state index contributed by atoms with van der Waals surface area (Å²) in [5.41, 5.74) is 1.90. The van der Waals surface area contributed by atoms with Crippen molar-refractivity contribution in [1.29, 1.82) is 0 Å². The molecule has 4 heterocycles. The van der Waals surface area contributed by atoms with Crippen molar-refractivity contribution in [3.8, 4) is 5.75 Å². The van der Waals surface area contributed by atoms with Crippen LogP contribution in [0.4, 0.5) is 0 Å². The van der Waals surface area contributed by atoms with Gasteiger partial charge >= 0.3 is 0 Å². The van der Waals surface area contributed by atoms with Gasteiger partial charge in [0.1, 0.15) is 17.9 Å². The molecule has 164 valence electrons. The summed E-state index contributed by atoms with van der Waals surface area (Å²) < 4.78 is 6.47. The summed E-state index contributed by atoms with van der Waals surface area (Å²) in [7, 11) is 1.68. The molecule has 4 nitrogen and oxygen atoms in total. The highest BCUT2D eigenvalue weighted by molar-refractivity contribution is 5.83. The van der Waals surface area contributed by atoms with Crippen LogP contribution in [0.5, 0.6) is 5.75 Å². The highest BCUT2D eigenvalue weighted by atomic mass is 79.9. The Balaban J connectivity index is 0.00000256. The number of piperidine rings is 3. The minimum absolute atomic E-state index is 0. The van der Waals surface area contributed by atoms with Gasteiger partial charge in [0.2, 0.25) is 0 Å². The molecule has 5 heteroatoms. The maximum atomic E-state index is 11.7. The molecule has 0 spiro atoms. The second-order valence-corrected chi connectivity index (χ2v) is 9.51. The van der Waals surface area contributed by atoms with Crippen molar-refractivity contribution in [2.24, 2.45) is 17.8 Å². The predicted molar refractivity (Wildman–Crippen MR) is 118 cm³/mol. The fourth-order valence-electron chi connectivity index (χ4n) is 5.74. The van der Waals surface area contributed by atoms with E-state index in [0.717, 1.165) is 46.2 Å². The summed E-state index contributed by atoms with van der Waals surface area (Å²) in [5, 5.41) is 12.7. The summed E-state index contributed by atoms with van der Waals surface area (Å²) in [6.07, 6.45) is 7.03. The highest BCUT2D eigenvalue weighted by Gasteiger charge is 2.53. The number of rotatable bonds is 7. The zero-order chi connectivity index (χ0) is 20.6. The molecule has 0 saturated carbocycles. The maximum absolute atomic E-state index is 11.7. The van der Waals surface area contributed by atoms with Crippen LogP contribution in [0.15, 0.2) is 43.1 Å². The van der Waals surface area contributed by atoms with E-state index in [1.54, 1.807) is 7.11 Å². The van der Waals surface area contributed by atoms with Crippen molar-refractivity contribution in [3.63, 3.8) is 0 Å². The Kier molecular flexibility index (Phi) is 7.26. The van der Waals surface area contributed by atoms with Gasteiger partial charge in [0.25, 0.3) is 0 Å². The maximum Gasteiger partial charge on any atom is 0.131 e. The first-order valence-electron chi connectivity index (χ1n) is 11.1. The van der Waals surface area contributed by atoms with Crippen molar-refractivity contribution < 1.29 is 31.3 Å². The number of aliphatic hydroxyl groups excluding tert-OH is 1. The number of aliphatic hydroxyl groups is 1. The first kappa shape index (κ1) is 23.2. The molecule has 1 aromatic heterocycles. The van der Waals surface area contributed by atoms with Crippen molar-refractivity contribution >= 4 is 10.9 Å². The van der Waals surface area contributed by atoms with E-state index < -0.39 is 6.10 Å². The molecule has 3 aliphatic heterocycles. The zero-order valence-corrected chi connectivity index (χ0v) is 20.0. The number of methoxy groups -OCH3 is 1. The molecule has 3 unspecified atom stereocenters. The van der Waals surface area contributed by atoms with E-state index in [4.69, 9.17) is 4.74 Å². The van der Waals surface area contributed by atoms with E-state index in [9.17, 15) is 5.11 Å². The number of aromatic nitrogens is 1. The Labute approximate surface area is 191 Å². The van der Waals surface area contributed by atoms with Crippen LogP contribution in [-0.4, -0.2) is 47.4 Å². The molecule has 5 atom stereocenters. The molecule has 5 rings (SSSR count). The predicted octanol–water partition coefficient (Wildman–Crippen LogP) is 1.74. The van der Waals surface area contributed by atoms with Gasteiger partial charge in [-0.25, -0.2) is 0 Å². The topological polar surface area (TPSA) is 42.4 Å². The number of nitrogens with zero attached hydrogens (tertiary/aromatic N) is 2. The van der Waals surface area contributed by atoms with E-state index in [0.29, 0.717) is 17.8 Å². The summed E-state index contributed by atoms with van der Waals surface area (Å²) in [6, 6.07) is 8.17. The van der Waals surface area contributed by atoms with Crippen molar-refractivity contribution in [2.75, 3.05) is 26.7 Å². The average Bonchev–Trinajstić information content (AvgIpc) is 2.76. The van der Waals surface area contributed by atoms with E-state index in [2.05, 4.69) is 31.5 Å². The third kappa shape index (κ3) is 4.17. The lowest BCUT2D eigenvalue weighted by atomic mass is 9.71. The molecule has 30 heavy (non-hydrogen) atoms. The third-order valence-electron chi connectivity index (χ3n) is 7.49. The zero-order valence-electron chi connectivity index (χ0n) is 18.4. The lowest BCUT2D eigenvalue weighted by molar-refractivity contribution is -0.973. The van der Waals surface area contributed by atoms with Gasteiger partial charge in [-0.2, -0.15) is 0 Å². The largest absolute Gasteiger partial charge is 1.00 e. The van der Waals surface area contributed by atoms with Crippen molar-refractivity contribution in [3.05, 3.63) is 48.7 Å². The standard InChI is InChI=1S/C25H35N2O2.BrH/c1-5-18-16-27(12-9-17(2)3)13-10-19(18)14-24(27)25(28)21-8-11-26-23-7-6-20(29-4)15-22(21)23;/h5-8,11,15,17-19,24-25,28H,1,9-10,12-14,16H2,2-4H3;1H/q+1;/p-1/t18?,19?,24-,25-,27?;/m0./s1. The Morgan fingerprint density at radius 3 is 2.83 bits per heavy atom. The Morgan fingerprint density at radius 2 is 2.13 bits per heavy atom. The monoisotopic (exact) mass is 474 g/mol. The molecular weight excluding hydrogens is 440 g/mol. The minimum Gasteiger partial charge on any atom is -1.00 e. The molecule has 3 aliphatic rings. The van der Waals surface area contributed by atoms with E-state index in [-0.39, 0.29) is 23.0 Å². The van der Waals surface area contributed by atoms with Crippen molar-refractivity contribution in [1.82, 2.24) is 4.98 Å². The number of hydrogen-bond acceptors (Lipinski definition) is 3. The van der Waals surface area contributed by atoms with E-state index >= 15 is 0 Å². The molecule has 1 N–H and O–H groups in total. The van der Waals surface area contributed by atoms with Gasteiger partial charge in [-0.3, -0.25) is 4.98 Å². The number of hydrogen-bond donors (Lipinski definition) is 1. The summed E-state index contributed by atoms with van der Waals surface area (Å²) >= 11 is 0. The van der Waals surface area contributed by atoms with Gasteiger partial charge in [0, 0.05) is 30.3 Å². The summed E-state index contributed by atoms with van der Waals surface area (Å²) in [5.74, 6) is 2.70. The van der Waals surface area contributed by atoms with Gasteiger partial charge in [-0.05, 0) is 48.1 Å². The molecule has 3 fully saturated rings. The lowest BCUT2D eigenvalue weighted by Gasteiger charge is -2.58. The molecule has 0 amide bonds. The normalized spacial score (nSPS) is 28.9. The lowest BCUT2D eigenvalue weighted by Crippen LogP contribution is -3.00. The van der Waals surface area contributed by atoms with Crippen LogP contribution in [0.3, 0.4) is 0 Å². The molecule has 2 aromatic rings. The highest BCUT2D eigenvalue weighted by Crippen LogP contribution is 2.47. The Bertz CT molecular complexity index is 887. The average molecular weight is 475 g/mol. The smallest absolute Gasteiger partial charge is 0.131 e. The first-order valence-corrected chi connectivity index (χ1v) is 11.1. The molecular formula is C25H35BrN2O2. The number of ether oxygens (including phenoxy) is 1. The molecule has 2 bridgehead atoms. The third-order valence-corrected chi connectivity index (χ3v) is 7.49. The summed E-state index contributed by atoms with van der Waals surface area (Å²) in [4.78, 5) is 4.51. The SMILES string of the molecule is C=CC1C[N+]2(CCC(C)C)CCC1C[C@H]2[C@@H](O)c1ccnc2ccc(OC)cc12.[Br-]. The second-order valence-electron chi connectivity index (χ2n) is 9.51. The molecule has 0 radical (unpaired) electrons. The van der Waals surface area contributed by atoms with E-state index in [1.807, 2.05) is 30.5 Å². The van der Waals surface area contributed by atoms with Gasteiger partial charge < -0.3 is 31.3 Å². The minimum atomic E-state index is -0.492. The number of fused-ring (bicyclic) bond motifs is 4.